The number of nitrogens with zero attached hydrogens (tertiary/aromatic N) is 1. The number of benzene rings is 4. The van der Waals surface area contributed by atoms with Crippen molar-refractivity contribution in [3.63, 3.8) is 0 Å². The predicted molar refractivity (Wildman–Crippen MR) is 153 cm³/mol. The Hall–Kier alpha value is -4.28. The molecule has 1 saturated heterocycles. The van der Waals surface area contributed by atoms with Gasteiger partial charge in [-0.05, 0) is 48.4 Å². The number of ketones is 3. The number of hydrogen-bond acceptors (Lipinski definition) is 4. The average molecular weight is 530 g/mol. The van der Waals surface area contributed by atoms with E-state index in [4.69, 9.17) is 11.6 Å². The molecule has 4 nitrogen and oxygen atoms in total. The van der Waals surface area contributed by atoms with Crippen molar-refractivity contribution in [2.75, 3.05) is 4.90 Å². The maximum absolute atomic E-state index is 14.6. The van der Waals surface area contributed by atoms with Gasteiger partial charge in [0, 0.05) is 33.3 Å². The molecule has 0 aromatic heterocycles. The summed E-state index contributed by atoms with van der Waals surface area (Å²) in [5.41, 5.74) is 3.47. The molecule has 2 heterocycles. The lowest BCUT2D eigenvalue weighted by atomic mass is 9.64. The van der Waals surface area contributed by atoms with Crippen LogP contribution in [0.3, 0.4) is 0 Å². The van der Waals surface area contributed by atoms with Crippen LogP contribution < -0.4 is 4.90 Å². The Morgan fingerprint density at radius 1 is 0.795 bits per heavy atom. The van der Waals surface area contributed by atoms with Crippen LogP contribution >= 0.6 is 11.6 Å². The van der Waals surface area contributed by atoms with Gasteiger partial charge < -0.3 is 4.90 Å². The minimum Gasteiger partial charge on any atom is -0.352 e. The highest BCUT2D eigenvalue weighted by Crippen LogP contribution is 2.60. The SMILES string of the molecule is Cc1ccc([C@H]2[C@H](C(=O)c3ccc(Cl)cc3)N3c4ccccc4C=CC3C23C(=O)c2ccccc2C3=O)cc1. The van der Waals surface area contributed by atoms with Crippen LogP contribution in [-0.2, 0) is 0 Å². The van der Waals surface area contributed by atoms with Gasteiger partial charge in [-0.1, -0.05) is 96.0 Å². The molecule has 0 N–H and O–H groups in total. The molecule has 3 atom stereocenters. The Morgan fingerprint density at radius 3 is 2.08 bits per heavy atom. The Balaban J connectivity index is 1.54. The van der Waals surface area contributed by atoms with E-state index in [2.05, 4.69) is 0 Å². The number of fused-ring (bicyclic) bond motifs is 5. The fourth-order valence-corrected chi connectivity index (χ4v) is 6.98. The number of halogens is 1. The summed E-state index contributed by atoms with van der Waals surface area (Å²) in [6.07, 6.45) is 3.92. The Labute approximate surface area is 231 Å². The maximum atomic E-state index is 14.6. The molecule has 4 aromatic rings. The molecule has 1 fully saturated rings. The molecule has 5 heteroatoms. The lowest BCUT2D eigenvalue weighted by molar-refractivity contribution is 0.0666. The second-order valence-corrected chi connectivity index (χ2v) is 11.0. The van der Waals surface area contributed by atoms with Crippen molar-refractivity contribution in [2.45, 2.75) is 24.9 Å². The smallest absolute Gasteiger partial charge is 0.185 e. The second-order valence-electron chi connectivity index (χ2n) is 10.5. The van der Waals surface area contributed by atoms with Crippen molar-refractivity contribution in [1.82, 2.24) is 0 Å². The molecule has 0 radical (unpaired) electrons. The maximum Gasteiger partial charge on any atom is 0.185 e. The van der Waals surface area contributed by atoms with Crippen LogP contribution in [0.5, 0.6) is 0 Å². The van der Waals surface area contributed by atoms with Crippen LogP contribution in [0.4, 0.5) is 5.69 Å². The largest absolute Gasteiger partial charge is 0.352 e. The third-order valence-corrected chi connectivity index (χ3v) is 8.80. The zero-order valence-electron chi connectivity index (χ0n) is 21.2. The number of rotatable bonds is 3. The van der Waals surface area contributed by atoms with Crippen molar-refractivity contribution in [3.05, 3.63) is 142 Å². The van der Waals surface area contributed by atoms with Crippen LogP contribution in [0, 0.1) is 12.3 Å². The monoisotopic (exact) mass is 529 g/mol. The van der Waals surface area contributed by atoms with Crippen LogP contribution in [-0.4, -0.2) is 29.4 Å². The van der Waals surface area contributed by atoms with E-state index in [1.54, 1.807) is 48.5 Å². The van der Waals surface area contributed by atoms with E-state index in [1.807, 2.05) is 72.5 Å². The van der Waals surface area contributed by atoms with Gasteiger partial charge in [-0.25, -0.2) is 0 Å². The van der Waals surface area contributed by atoms with Gasteiger partial charge in [-0.15, -0.1) is 0 Å². The number of Topliss-reactive ketones (excluding diaryl/α,β-unsaturated/α-hetero) is 3. The number of aryl methyl sites for hydroxylation is 1. The van der Waals surface area contributed by atoms with Crippen molar-refractivity contribution >= 4 is 40.7 Å². The third kappa shape index (κ3) is 3.22. The summed E-state index contributed by atoms with van der Waals surface area (Å²) < 4.78 is 0. The van der Waals surface area contributed by atoms with Gasteiger partial charge in [0.15, 0.2) is 17.3 Å². The molecule has 4 aromatic carbocycles. The predicted octanol–water partition coefficient (Wildman–Crippen LogP) is 6.96. The molecule has 2 aliphatic heterocycles. The molecule has 39 heavy (non-hydrogen) atoms. The van der Waals surface area contributed by atoms with Gasteiger partial charge in [0.2, 0.25) is 0 Å². The van der Waals surface area contributed by atoms with Crippen molar-refractivity contribution < 1.29 is 14.4 Å². The van der Waals surface area contributed by atoms with Gasteiger partial charge >= 0.3 is 0 Å². The van der Waals surface area contributed by atoms with Crippen LogP contribution in [0.2, 0.25) is 5.02 Å². The topological polar surface area (TPSA) is 54.5 Å². The molecule has 1 unspecified atom stereocenters. The standard InChI is InChI=1S/C34H24ClNO3/c1-20-10-12-22(13-11-20)29-30(31(37)23-14-17-24(35)18-15-23)36-27-9-5-2-6-21(27)16-19-28(36)34(29)32(38)25-7-3-4-8-26(25)33(34)39/h2-19,28-30H,1H3/t28?,29-,30+/m0/s1. The molecule has 0 saturated carbocycles. The second kappa shape index (κ2) is 8.62. The van der Waals surface area contributed by atoms with E-state index >= 15 is 0 Å². The summed E-state index contributed by atoms with van der Waals surface area (Å²) in [6, 6.07) is 28.2. The van der Waals surface area contributed by atoms with Crippen molar-refractivity contribution in [3.8, 4) is 0 Å². The highest BCUT2D eigenvalue weighted by Gasteiger charge is 2.71. The Morgan fingerprint density at radius 2 is 1.41 bits per heavy atom. The van der Waals surface area contributed by atoms with Gasteiger partial charge in [0.05, 0.1) is 6.04 Å². The average Bonchev–Trinajstić information content (AvgIpc) is 3.40. The number of anilines is 1. The first kappa shape index (κ1) is 23.8. The number of carbonyl (C=O) groups excluding carboxylic acids is 3. The van der Waals surface area contributed by atoms with Crippen molar-refractivity contribution in [2.24, 2.45) is 5.41 Å². The quantitative estimate of drug-likeness (QED) is 0.212. The van der Waals surface area contributed by atoms with E-state index in [-0.39, 0.29) is 17.3 Å². The zero-order chi connectivity index (χ0) is 26.9. The van der Waals surface area contributed by atoms with E-state index in [9.17, 15) is 14.4 Å². The molecular weight excluding hydrogens is 506 g/mol. The number of carbonyl (C=O) groups is 3. The van der Waals surface area contributed by atoms with Crippen LogP contribution in [0.1, 0.15) is 53.7 Å². The summed E-state index contributed by atoms with van der Waals surface area (Å²) >= 11 is 6.16. The lowest BCUT2D eigenvalue weighted by Gasteiger charge is -2.37. The zero-order valence-corrected chi connectivity index (χ0v) is 21.9. The fourth-order valence-electron chi connectivity index (χ4n) is 6.85. The van der Waals surface area contributed by atoms with E-state index in [0.29, 0.717) is 21.7 Å². The number of para-hydroxylation sites is 1. The summed E-state index contributed by atoms with van der Waals surface area (Å²) in [4.78, 5) is 45.8. The Bertz CT molecular complexity index is 1670. The van der Waals surface area contributed by atoms with E-state index in [0.717, 1.165) is 22.4 Å². The lowest BCUT2D eigenvalue weighted by Crippen LogP contribution is -2.48. The molecule has 190 valence electrons. The molecule has 0 amide bonds. The fraction of sp³-hybridized carbons (Fsp3) is 0.147. The first-order chi connectivity index (χ1) is 18.9. The third-order valence-electron chi connectivity index (χ3n) is 8.55. The van der Waals surface area contributed by atoms with E-state index < -0.39 is 23.4 Å². The normalized spacial score (nSPS) is 22.1. The summed E-state index contributed by atoms with van der Waals surface area (Å²) in [5, 5.41) is 0.533. The van der Waals surface area contributed by atoms with Crippen LogP contribution in [0.25, 0.3) is 6.08 Å². The molecule has 3 aliphatic rings. The highest BCUT2D eigenvalue weighted by atomic mass is 35.5. The van der Waals surface area contributed by atoms with Gasteiger partial charge in [0.1, 0.15) is 11.5 Å². The van der Waals surface area contributed by atoms with Gasteiger partial charge in [-0.2, -0.15) is 0 Å². The minimum absolute atomic E-state index is 0.152. The first-order valence-electron chi connectivity index (χ1n) is 13.0. The molecular formula is C34H24ClNO3. The van der Waals surface area contributed by atoms with E-state index in [1.165, 1.54) is 0 Å². The first-order valence-corrected chi connectivity index (χ1v) is 13.4. The minimum atomic E-state index is -1.49. The molecule has 0 bridgehead atoms. The molecule has 7 rings (SSSR count). The van der Waals surface area contributed by atoms with Gasteiger partial charge in [-0.3, -0.25) is 14.4 Å². The Kier molecular flexibility index (Phi) is 5.26. The molecule has 1 aliphatic carbocycles. The van der Waals surface area contributed by atoms with Gasteiger partial charge in [0.25, 0.3) is 0 Å². The highest BCUT2D eigenvalue weighted by molar-refractivity contribution is 6.32. The summed E-state index contributed by atoms with van der Waals surface area (Å²) in [7, 11) is 0. The molecule has 1 spiro atoms. The summed E-state index contributed by atoms with van der Waals surface area (Å²) in [6.45, 7) is 1.99. The summed E-state index contributed by atoms with van der Waals surface area (Å²) in [5.74, 6) is -1.31. The van der Waals surface area contributed by atoms with Crippen molar-refractivity contribution in [1.29, 1.82) is 0 Å². The number of hydrogen-bond donors (Lipinski definition) is 0. The van der Waals surface area contributed by atoms with Crippen LogP contribution in [0.15, 0.2) is 103 Å².